The van der Waals surface area contributed by atoms with E-state index < -0.39 is 0 Å². The van der Waals surface area contributed by atoms with E-state index in [1.165, 1.54) is 12.8 Å². The van der Waals surface area contributed by atoms with Gasteiger partial charge in [0.05, 0.1) is 17.8 Å². The SMILES string of the molecule is C/C=C(\C=C\CCCC)c1n[nH]c2ccc(OCCO)cc12. The molecule has 1 aromatic heterocycles. The molecular weight excluding hydrogens is 276 g/mol. The molecule has 0 saturated carbocycles. The summed E-state index contributed by atoms with van der Waals surface area (Å²) >= 11 is 0. The average molecular weight is 300 g/mol. The first kappa shape index (κ1) is 16.3. The van der Waals surface area contributed by atoms with Crippen LogP contribution in [0.5, 0.6) is 5.75 Å². The number of ether oxygens (including phenoxy) is 1. The zero-order valence-electron chi connectivity index (χ0n) is 13.3. The lowest BCUT2D eigenvalue weighted by Crippen LogP contribution is -2.01. The van der Waals surface area contributed by atoms with Crippen molar-refractivity contribution in [2.24, 2.45) is 0 Å². The van der Waals surface area contributed by atoms with Crippen LogP contribution in [-0.4, -0.2) is 28.5 Å². The molecule has 0 saturated heterocycles. The minimum absolute atomic E-state index is 0.0105. The van der Waals surface area contributed by atoms with Crippen LogP contribution < -0.4 is 4.74 Å². The number of hydrogen-bond donors (Lipinski definition) is 2. The van der Waals surface area contributed by atoms with Crippen molar-refractivity contribution in [2.75, 3.05) is 13.2 Å². The molecule has 0 spiro atoms. The maximum Gasteiger partial charge on any atom is 0.120 e. The van der Waals surface area contributed by atoms with Crippen LogP contribution >= 0.6 is 0 Å². The Morgan fingerprint density at radius 1 is 1.41 bits per heavy atom. The van der Waals surface area contributed by atoms with Gasteiger partial charge in [0.15, 0.2) is 0 Å². The summed E-state index contributed by atoms with van der Waals surface area (Å²) in [5.74, 6) is 0.745. The predicted octanol–water partition coefficient (Wildman–Crippen LogP) is 4.08. The predicted molar refractivity (Wildman–Crippen MR) is 91.0 cm³/mol. The number of allylic oxidation sites excluding steroid dienone is 4. The molecule has 22 heavy (non-hydrogen) atoms. The van der Waals surface area contributed by atoms with Crippen LogP contribution in [0.3, 0.4) is 0 Å². The molecule has 1 heterocycles. The van der Waals surface area contributed by atoms with Gasteiger partial charge in [-0.05, 0) is 37.1 Å². The van der Waals surface area contributed by atoms with E-state index in [0.717, 1.165) is 34.3 Å². The second kappa shape index (κ2) is 8.39. The van der Waals surface area contributed by atoms with Gasteiger partial charge in [0.25, 0.3) is 0 Å². The van der Waals surface area contributed by atoms with Crippen LogP contribution in [0.2, 0.25) is 0 Å². The number of fused-ring (bicyclic) bond motifs is 1. The van der Waals surface area contributed by atoms with Crippen molar-refractivity contribution < 1.29 is 9.84 Å². The maximum absolute atomic E-state index is 8.86. The smallest absolute Gasteiger partial charge is 0.120 e. The maximum atomic E-state index is 8.86. The standard InChI is InChI=1S/C18H24N2O2/c1-3-5-6-7-8-14(4-2)18-16-13-15(22-12-11-21)9-10-17(16)19-20-18/h4,7-10,13,21H,3,5-6,11-12H2,1-2H3,(H,19,20)/b8-7+,14-4+. The lowest BCUT2D eigenvalue weighted by molar-refractivity contribution is 0.201. The molecule has 0 fully saturated rings. The van der Waals surface area contributed by atoms with Crippen LogP contribution in [0.15, 0.2) is 36.4 Å². The fourth-order valence-corrected chi connectivity index (χ4v) is 2.31. The number of nitrogens with zero attached hydrogens (tertiary/aromatic N) is 1. The highest BCUT2D eigenvalue weighted by Gasteiger charge is 2.09. The van der Waals surface area contributed by atoms with Crippen molar-refractivity contribution in [2.45, 2.75) is 33.1 Å². The summed E-state index contributed by atoms with van der Waals surface area (Å²) in [6, 6.07) is 5.80. The molecule has 2 N–H and O–H groups in total. The normalized spacial score (nSPS) is 12.4. The Morgan fingerprint density at radius 2 is 2.27 bits per heavy atom. The highest BCUT2D eigenvalue weighted by Crippen LogP contribution is 2.27. The summed E-state index contributed by atoms with van der Waals surface area (Å²) in [6.45, 7) is 4.52. The lowest BCUT2D eigenvalue weighted by atomic mass is 10.1. The van der Waals surface area contributed by atoms with E-state index in [-0.39, 0.29) is 6.61 Å². The van der Waals surface area contributed by atoms with E-state index >= 15 is 0 Å². The number of aliphatic hydroxyl groups is 1. The van der Waals surface area contributed by atoms with E-state index in [1.54, 1.807) is 0 Å². The number of rotatable bonds is 8. The van der Waals surface area contributed by atoms with Gasteiger partial charge in [-0.2, -0.15) is 5.10 Å². The molecule has 0 aliphatic carbocycles. The van der Waals surface area contributed by atoms with Crippen LogP contribution in [-0.2, 0) is 0 Å². The third-order valence-corrected chi connectivity index (χ3v) is 3.50. The minimum atomic E-state index is 0.0105. The zero-order valence-corrected chi connectivity index (χ0v) is 13.3. The van der Waals surface area contributed by atoms with Crippen molar-refractivity contribution in [3.63, 3.8) is 0 Å². The number of unbranched alkanes of at least 4 members (excludes halogenated alkanes) is 2. The van der Waals surface area contributed by atoms with E-state index in [4.69, 9.17) is 9.84 Å². The molecular formula is C18H24N2O2. The van der Waals surface area contributed by atoms with Crippen molar-refractivity contribution >= 4 is 16.5 Å². The fraction of sp³-hybridized carbons (Fsp3) is 0.389. The number of benzene rings is 1. The quantitative estimate of drug-likeness (QED) is 0.570. The van der Waals surface area contributed by atoms with Gasteiger partial charge in [0.2, 0.25) is 0 Å². The van der Waals surface area contributed by atoms with Gasteiger partial charge in [0, 0.05) is 5.39 Å². The first-order valence-electron chi connectivity index (χ1n) is 7.85. The summed E-state index contributed by atoms with van der Waals surface area (Å²) in [7, 11) is 0. The van der Waals surface area contributed by atoms with E-state index in [0.29, 0.717) is 6.61 Å². The average Bonchev–Trinajstić information content (AvgIpc) is 2.96. The van der Waals surface area contributed by atoms with Crippen LogP contribution in [0, 0.1) is 0 Å². The second-order valence-electron chi connectivity index (χ2n) is 5.14. The Labute approximate surface area is 131 Å². The molecule has 118 valence electrons. The number of aromatic nitrogens is 2. The molecule has 0 bridgehead atoms. The van der Waals surface area contributed by atoms with Crippen molar-refractivity contribution in [1.29, 1.82) is 0 Å². The summed E-state index contributed by atoms with van der Waals surface area (Å²) in [6.07, 6.45) is 9.89. The topological polar surface area (TPSA) is 58.1 Å². The number of aromatic amines is 1. The molecule has 0 aliphatic rings. The van der Waals surface area contributed by atoms with Crippen molar-refractivity contribution in [1.82, 2.24) is 10.2 Å². The van der Waals surface area contributed by atoms with Gasteiger partial charge >= 0.3 is 0 Å². The zero-order chi connectivity index (χ0) is 15.8. The number of aliphatic hydroxyl groups excluding tert-OH is 1. The van der Waals surface area contributed by atoms with Gasteiger partial charge in [-0.25, -0.2) is 0 Å². The molecule has 2 rings (SSSR count). The monoisotopic (exact) mass is 300 g/mol. The summed E-state index contributed by atoms with van der Waals surface area (Å²) in [4.78, 5) is 0. The van der Waals surface area contributed by atoms with Gasteiger partial charge in [-0.3, -0.25) is 5.10 Å². The molecule has 4 heteroatoms. The van der Waals surface area contributed by atoms with Gasteiger partial charge < -0.3 is 9.84 Å². The summed E-state index contributed by atoms with van der Waals surface area (Å²) in [5.41, 5.74) is 3.01. The van der Waals surface area contributed by atoms with Gasteiger partial charge in [0.1, 0.15) is 12.4 Å². The van der Waals surface area contributed by atoms with E-state index in [1.807, 2.05) is 25.1 Å². The Kier molecular flexibility index (Phi) is 6.22. The first-order valence-corrected chi connectivity index (χ1v) is 7.85. The Hall–Kier alpha value is -2.07. The second-order valence-corrected chi connectivity index (χ2v) is 5.14. The number of nitrogens with one attached hydrogen (secondary N) is 1. The van der Waals surface area contributed by atoms with E-state index in [2.05, 4.69) is 35.3 Å². The Morgan fingerprint density at radius 3 is 3.00 bits per heavy atom. The highest BCUT2D eigenvalue weighted by molar-refractivity contribution is 5.93. The molecule has 0 aliphatic heterocycles. The highest BCUT2D eigenvalue weighted by atomic mass is 16.5. The summed E-state index contributed by atoms with van der Waals surface area (Å²) in [5, 5.41) is 17.4. The van der Waals surface area contributed by atoms with Crippen molar-refractivity contribution in [3.05, 3.63) is 42.1 Å². The van der Waals surface area contributed by atoms with Crippen LogP contribution in [0.4, 0.5) is 0 Å². The fourth-order valence-electron chi connectivity index (χ4n) is 2.31. The third kappa shape index (κ3) is 3.98. The largest absolute Gasteiger partial charge is 0.491 e. The molecule has 0 atom stereocenters. The summed E-state index contributed by atoms with van der Waals surface area (Å²) < 4.78 is 5.48. The van der Waals surface area contributed by atoms with E-state index in [9.17, 15) is 0 Å². The van der Waals surface area contributed by atoms with Crippen LogP contribution in [0.1, 0.15) is 38.8 Å². The Bertz CT molecular complexity index is 656. The third-order valence-electron chi connectivity index (χ3n) is 3.50. The number of hydrogen-bond acceptors (Lipinski definition) is 3. The van der Waals surface area contributed by atoms with Crippen molar-refractivity contribution in [3.8, 4) is 5.75 Å². The minimum Gasteiger partial charge on any atom is -0.491 e. The first-order chi connectivity index (χ1) is 10.8. The van der Waals surface area contributed by atoms with Gasteiger partial charge in [-0.1, -0.05) is 38.0 Å². The molecule has 0 amide bonds. The molecule has 4 nitrogen and oxygen atoms in total. The van der Waals surface area contributed by atoms with Gasteiger partial charge in [-0.15, -0.1) is 0 Å². The molecule has 0 radical (unpaired) electrons. The lowest BCUT2D eigenvalue weighted by Gasteiger charge is -2.04. The molecule has 1 aromatic carbocycles. The Balaban J connectivity index is 2.27. The molecule has 0 unspecified atom stereocenters. The van der Waals surface area contributed by atoms with Crippen LogP contribution in [0.25, 0.3) is 16.5 Å². The number of H-pyrrole nitrogens is 1. The molecule has 2 aromatic rings.